The van der Waals surface area contributed by atoms with Gasteiger partial charge in [0, 0.05) is 30.7 Å². The van der Waals surface area contributed by atoms with E-state index in [2.05, 4.69) is 39.5 Å². The van der Waals surface area contributed by atoms with Crippen molar-refractivity contribution in [2.75, 3.05) is 30.3 Å². The van der Waals surface area contributed by atoms with E-state index in [0.717, 1.165) is 47.4 Å². The molecule has 1 fully saturated rings. The van der Waals surface area contributed by atoms with Crippen LogP contribution in [0.15, 0.2) is 30.3 Å². The van der Waals surface area contributed by atoms with Crippen molar-refractivity contribution in [3.8, 4) is 0 Å². The van der Waals surface area contributed by atoms with Crippen molar-refractivity contribution in [1.29, 1.82) is 0 Å². The molecule has 4 N–H and O–H groups in total. The van der Waals surface area contributed by atoms with Crippen molar-refractivity contribution >= 4 is 38.8 Å². The number of nitrogen functional groups attached to an aromatic ring is 1. The molecule has 3 heterocycles. The van der Waals surface area contributed by atoms with Crippen molar-refractivity contribution in [2.24, 2.45) is 0 Å². The number of nitrogens with one attached hydrogen (secondary N) is 1. The second-order valence-electron chi connectivity index (χ2n) is 8.50. The molecule has 1 aromatic carbocycles. The Bertz CT molecular complexity index is 1100. The number of fused-ring (bicyclic) bond motifs is 2. The van der Waals surface area contributed by atoms with Gasteiger partial charge in [0.05, 0.1) is 17.5 Å². The monoisotopic (exact) mass is 436 g/mol. The molecular weight excluding hydrogens is 408 g/mol. The van der Waals surface area contributed by atoms with Crippen LogP contribution in [0.5, 0.6) is 0 Å². The number of carbonyl (C=O) groups is 1. The molecule has 0 saturated carbocycles. The van der Waals surface area contributed by atoms with Gasteiger partial charge in [0.1, 0.15) is 9.71 Å². The first kappa shape index (κ1) is 20.3. The predicted octanol–water partition coefficient (Wildman–Crippen LogP) is 3.82. The molecule has 1 unspecified atom stereocenters. The van der Waals surface area contributed by atoms with Crippen molar-refractivity contribution in [3.05, 3.63) is 52.0 Å². The Morgan fingerprint density at radius 3 is 2.77 bits per heavy atom. The fourth-order valence-corrected chi connectivity index (χ4v) is 5.61. The van der Waals surface area contributed by atoms with Crippen LogP contribution in [0.1, 0.15) is 58.3 Å². The minimum absolute atomic E-state index is 0.161. The summed E-state index contributed by atoms with van der Waals surface area (Å²) in [7, 11) is 0. The van der Waals surface area contributed by atoms with Gasteiger partial charge < -0.3 is 21.1 Å². The number of aliphatic hydroxyl groups excluding tert-OH is 1. The molecule has 0 radical (unpaired) electrons. The lowest BCUT2D eigenvalue weighted by Crippen LogP contribution is -2.29. The van der Waals surface area contributed by atoms with Crippen LogP contribution in [0.3, 0.4) is 0 Å². The number of amides is 1. The van der Waals surface area contributed by atoms with Gasteiger partial charge in [-0.05, 0) is 67.9 Å². The van der Waals surface area contributed by atoms with E-state index in [0.29, 0.717) is 23.5 Å². The number of hydrogen-bond donors (Lipinski definition) is 3. The van der Waals surface area contributed by atoms with Gasteiger partial charge in [-0.25, -0.2) is 4.98 Å². The van der Waals surface area contributed by atoms with Gasteiger partial charge in [-0.15, -0.1) is 11.3 Å². The molecule has 2 aliphatic rings. The Morgan fingerprint density at radius 1 is 1.23 bits per heavy atom. The Hall–Kier alpha value is -2.64. The Labute approximate surface area is 186 Å². The zero-order valence-electron chi connectivity index (χ0n) is 17.6. The van der Waals surface area contributed by atoms with Gasteiger partial charge in [0.15, 0.2) is 0 Å². The summed E-state index contributed by atoms with van der Waals surface area (Å²) in [5.41, 5.74) is 11.0. The van der Waals surface area contributed by atoms with E-state index in [4.69, 9.17) is 5.73 Å². The average molecular weight is 437 g/mol. The topological polar surface area (TPSA) is 91.5 Å². The Kier molecular flexibility index (Phi) is 5.54. The zero-order chi connectivity index (χ0) is 21.4. The molecule has 0 bridgehead atoms. The Balaban J connectivity index is 1.22. The number of nitrogens with zero attached hydrogens (tertiary/aromatic N) is 2. The SMILES string of the molecule is Nc1c(C(=O)NCCc2ccc(N3CCCCC3)cc2)sc2nc3c(cc12)CCC3O. The Morgan fingerprint density at radius 2 is 2.00 bits per heavy atom. The number of anilines is 2. The van der Waals surface area contributed by atoms with E-state index in [1.165, 1.54) is 41.9 Å². The first-order valence-corrected chi connectivity index (χ1v) is 11.9. The minimum Gasteiger partial charge on any atom is -0.397 e. The van der Waals surface area contributed by atoms with Crippen LogP contribution in [-0.2, 0) is 12.8 Å². The lowest BCUT2D eigenvalue weighted by molar-refractivity contribution is 0.0959. The number of piperidine rings is 1. The number of aromatic nitrogens is 1. The highest BCUT2D eigenvalue weighted by atomic mass is 32.1. The molecule has 3 aromatic rings. The minimum atomic E-state index is -0.513. The van der Waals surface area contributed by atoms with Gasteiger partial charge in [0.2, 0.25) is 0 Å². The number of rotatable bonds is 5. The summed E-state index contributed by atoms with van der Waals surface area (Å²) in [6, 6.07) is 10.7. The highest BCUT2D eigenvalue weighted by Gasteiger charge is 2.25. The van der Waals surface area contributed by atoms with Crippen LogP contribution < -0.4 is 16.0 Å². The number of benzene rings is 1. The molecule has 1 aliphatic carbocycles. The molecule has 1 amide bonds. The molecule has 6 nitrogen and oxygen atoms in total. The molecule has 0 spiro atoms. The molecule has 7 heteroatoms. The molecule has 1 atom stereocenters. The average Bonchev–Trinajstić information content (AvgIpc) is 3.33. The summed E-state index contributed by atoms with van der Waals surface area (Å²) < 4.78 is 0. The van der Waals surface area contributed by atoms with Crippen molar-refractivity contribution in [1.82, 2.24) is 10.3 Å². The number of aryl methyl sites for hydroxylation is 1. The third kappa shape index (κ3) is 4.00. The van der Waals surface area contributed by atoms with Gasteiger partial charge in [0.25, 0.3) is 5.91 Å². The smallest absolute Gasteiger partial charge is 0.263 e. The lowest BCUT2D eigenvalue weighted by Gasteiger charge is -2.28. The van der Waals surface area contributed by atoms with Crippen molar-refractivity contribution in [2.45, 2.75) is 44.6 Å². The van der Waals surface area contributed by atoms with Crippen LogP contribution in [0.4, 0.5) is 11.4 Å². The maximum Gasteiger partial charge on any atom is 0.263 e. The molecular formula is C24H28N4O2S. The standard InChI is InChI=1S/C24H28N4O2S/c25-20-18-14-16-6-9-19(29)21(16)27-24(18)31-22(20)23(30)26-11-10-15-4-7-17(8-5-15)28-12-2-1-3-13-28/h4-5,7-8,14,19,29H,1-3,6,9-13,25H2,(H,26,30). The van der Waals surface area contributed by atoms with E-state index < -0.39 is 6.10 Å². The first-order chi connectivity index (χ1) is 15.1. The molecule has 31 heavy (non-hydrogen) atoms. The van der Waals surface area contributed by atoms with E-state index >= 15 is 0 Å². The zero-order valence-corrected chi connectivity index (χ0v) is 18.4. The second-order valence-corrected chi connectivity index (χ2v) is 9.50. The summed E-state index contributed by atoms with van der Waals surface area (Å²) in [5, 5.41) is 13.9. The van der Waals surface area contributed by atoms with Crippen molar-refractivity contribution in [3.63, 3.8) is 0 Å². The maximum atomic E-state index is 12.7. The van der Waals surface area contributed by atoms with Gasteiger partial charge >= 0.3 is 0 Å². The second kappa shape index (κ2) is 8.48. The van der Waals surface area contributed by atoms with Crippen LogP contribution in [-0.4, -0.2) is 35.6 Å². The van der Waals surface area contributed by atoms with Crippen LogP contribution in [0.2, 0.25) is 0 Å². The summed E-state index contributed by atoms with van der Waals surface area (Å²) in [4.78, 5) is 21.0. The summed E-state index contributed by atoms with van der Waals surface area (Å²) >= 11 is 1.30. The van der Waals surface area contributed by atoms with E-state index in [9.17, 15) is 9.90 Å². The quantitative estimate of drug-likeness (QED) is 0.566. The summed E-state index contributed by atoms with van der Waals surface area (Å²) in [6.07, 6.45) is 5.63. The number of carbonyl (C=O) groups excluding carboxylic acids is 1. The predicted molar refractivity (Wildman–Crippen MR) is 126 cm³/mol. The van der Waals surface area contributed by atoms with Gasteiger partial charge in [-0.2, -0.15) is 0 Å². The molecule has 2 aromatic heterocycles. The number of hydrogen-bond acceptors (Lipinski definition) is 6. The highest BCUT2D eigenvalue weighted by molar-refractivity contribution is 7.21. The van der Waals surface area contributed by atoms with Crippen LogP contribution >= 0.6 is 11.3 Å². The normalized spacial score (nSPS) is 18.4. The maximum absolute atomic E-state index is 12.7. The third-order valence-corrected chi connectivity index (χ3v) is 7.51. The molecule has 1 saturated heterocycles. The molecule has 5 rings (SSSR count). The lowest BCUT2D eigenvalue weighted by atomic mass is 10.1. The van der Waals surface area contributed by atoms with E-state index in [-0.39, 0.29) is 5.91 Å². The fraction of sp³-hybridized carbons (Fsp3) is 0.417. The fourth-order valence-electron chi connectivity index (χ4n) is 4.61. The van der Waals surface area contributed by atoms with E-state index in [1.807, 2.05) is 6.07 Å². The number of nitrogens with two attached hydrogens (primary N) is 1. The number of thiophene rings is 1. The van der Waals surface area contributed by atoms with Crippen LogP contribution in [0, 0.1) is 0 Å². The number of aliphatic hydroxyl groups is 1. The summed E-state index contributed by atoms with van der Waals surface area (Å²) in [5.74, 6) is -0.161. The first-order valence-electron chi connectivity index (χ1n) is 11.1. The molecule has 1 aliphatic heterocycles. The largest absolute Gasteiger partial charge is 0.397 e. The van der Waals surface area contributed by atoms with Gasteiger partial charge in [-0.1, -0.05) is 12.1 Å². The van der Waals surface area contributed by atoms with E-state index in [1.54, 1.807) is 0 Å². The number of pyridine rings is 1. The third-order valence-electron chi connectivity index (χ3n) is 6.40. The summed E-state index contributed by atoms with van der Waals surface area (Å²) in [6.45, 7) is 2.84. The highest BCUT2D eigenvalue weighted by Crippen LogP contribution is 2.38. The molecule has 162 valence electrons. The van der Waals surface area contributed by atoms with Crippen LogP contribution in [0.25, 0.3) is 10.2 Å². The van der Waals surface area contributed by atoms with Gasteiger partial charge in [-0.3, -0.25) is 4.79 Å². The van der Waals surface area contributed by atoms with Crippen molar-refractivity contribution < 1.29 is 9.90 Å².